The molecule has 7 nitrogen and oxygen atoms in total. The Morgan fingerprint density at radius 1 is 1.47 bits per heavy atom. The summed E-state index contributed by atoms with van der Waals surface area (Å²) >= 11 is 0. The number of nitrogens with zero attached hydrogens (tertiary/aromatic N) is 1. The van der Waals surface area contributed by atoms with Crippen LogP contribution in [0.3, 0.4) is 0 Å². The van der Waals surface area contributed by atoms with Crippen LogP contribution in [-0.4, -0.2) is 47.5 Å². The maximum absolute atomic E-state index is 11.3. The third kappa shape index (κ3) is 4.84. The summed E-state index contributed by atoms with van der Waals surface area (Å²) in [4.78, 5) is 33.7. The second-order valence-electron chi connectivity index (χ2n) is 3.02. The number of primary amides is 1. The average molecular weight is 217 g/mol. The first-order chi connectivity index (χ1) is 6.88. The van der Waals surface area contributed by atoms with Gasteiger partial charge in [-0.15, -0.1) is 0 Å². The van der Waals surface area contributed by atoms with Crippen molar-refractivity contribution in [3.05, 3.63) is 0 Å². The quantitative estimate of drug-likeness (QED) is 0.546. The zero-order valence-electron chi connectivity index (χ0n) is 8.69. The van der Waals surface area contributed by atoms with Crippen molar-refractivity contribution in [3.63, 3.8) is 0 Å². The fourth-order valence-corrected chi connectivity index (χ4v) is 0.804. The molecule has 0 saturated heterocycles. The minimum Gasteiger partial charge on any atom is -0.480 e. The van der Waals surface area contributed by atoms with E-state index in [1.807, 2.05) is 0 Å². The monoisotopic (exact) mass is 217 g/mol. The number of rotatable bonds is 5. The molecule has 0 aliphatic heterocycles. The van der Waals surface area contributed by atoms with Gasteiger partial charge in [0.25, 0.3) is 0 Å². The molecule has 0 spiro atoms. The van der Waals surface area contributed by atoms with Crippen LogP contribution in [0.5, 0.6) is 0 Å². The summed E-state index contributed by atoms with van der Waals surface area (Å²) in [6.07, 6.45) is -0.418. The molecule has 0 saturated carbocycles. The summed E-state index contributed by atoms with van der Waals surface area (Å²) in [7, 11) is 1.51. The van der Waals surface area contributed by atoms with Gasteiger partial charge in [-0.25, -0.2) is 9.59 Å². The van der Waals surface area contributed by atoms with Crippen molar-refractivity contribution in [2.45, 2.75) is 19.4 Å². The first-order valence-corrected chi connectivity index (χ1v) is 4.41. The fraction of sp³-hybridized carbons (Fsp3) is 0.625. The topological polar surface area (TPSA) is 113 Å². The highest BCUT2D eigenvalue weighted by Gasteiger charge is 2.22. The lowest BCUT2D eigenvalue weighted by Crippen LogP contribution is -2.48. The Morgan fingerprint density at radius 3 is 2.33 bits per heavy atom. The number of carbonyl (C=O) groups excluding carboxylic acids is 2. The standard InChI is InChI=1S/C8H15N3O4/c1-3-11(2)8(15)10-5(7(13)14)4-6(9)12/h5H,3-4H2,1-2H3,(H2,9,12)(H,10,15)(H,13,14)/t5-/m1/s1. The molecule has 0 aromatic rings. The van der Waals surface area contributed by atoms with Crippen LogP contribution < -0.4 is 11.1 Å². The highest BCUT2D eigenvalue weighted by Crippen LogP contribution is 1.94. The van der Waals surface area contributed by atoms with Crippen molar-refractivity contribution in [1.82, 2.24) is 10.2 Å². The second-order valence-corrected chi connectivity index (χ2v) is 3.02. The fourth-order valence-electron chi connectivity index (χ4n) is 0.804. The molecule has 0 rings (SSSR count). The van der Waals surface area contributed by atoms with E-state index in [4.69, 9.17) is 10.8 Å². The summed E-state index contributed by atoms with van der Waals surface area (Å²) < 4.78 is 0. The molecular weight excluding hydrogens is 202 g/mol. The molecule has 0 aliphatic rings. The maximum atomic E-state index is 11.3. The molecule has 7 heteroatoms. The molecule has 0 unspecified atom stereocenters. The van der Waals surface area contributed by atoms with E-state index in [0.29, 0.717) is 6.54 Å². The Morgan fingerprint density at radius 2 is 2.00 bits per heavy atom. The molecule has 86 valence electrons. The Labute approximate surface area is 87.2 Å². The predicted molar refractivity (Wildman–Crippen MR) is 52.1 cm³/mol. The van der Waals surface area contributed by atoms with E-state index in [1.54, 1.807) is 6.92 Å². The number of hydrogen-bond acceptors (Lipinski definition) is 3. The van der Waals surface area contributed by atoms with E-state index >= 15 is 0 Å². The van der Waals surface area contributed by atoms with Crippen LogP contribution >= 0.6 is 0 Å². The van der Waals surface area contributed by atoms with Crippen LogP contribution in [0.25, 0.3) is 0 Å². The van der Waals surface area contributed by atoms with Gasteiger partial charge < -0.3 is 21.1 Å². The number of urea groups is 1. The average Bonchev–Trinajstić information content (AvgIpc) is 2.14. The van der Waals surface area contributed by atoms with Gasteiger partial charge in [-0.2, -0.15) is 0 Å². The minimum absolute atomic E-state index is 0.418. The zero-order valence-corrected chi connectivity index (χ0v) is 8.69. The van der Waals surface area contributed by atoms with Gasteiger partial charge in [-0.05, 0) is 6.92 Å². The van der Waals surface area contributed by atoms with E-state index in [0.717, 1.165) is 0 Å². The van der Waals surface area contributed by atoms with Crippen molar-refractivity contribution >= 4 is 17.9 Å². The Hall–Kier alpha value is -1.79. The Kier molecular flexibility index (Phi) is 5.14. The number of hydrogen-bond donors (Lipinski definition) is 3. The van der Waals surface area contributed by atoms with Crippen LogP contribution in [0.15, 0.2) is 0 Å². The van der Waals surface area contributed by atoms with Crippen molar-refractivity contribution in [2.75, 3.05) is 13.6 Å². The summed E-state index contributed by atoms with van der Waals surface area (Å²) in [6, 6.07) is -1.82. The third-order valence-corrected chi connectivity index (χ3v) is 1.82. The van der Waals surface area contributed by atoms with Gasteiger partial charge in [-0.3, -0.25) is 4.79 Å². The lowest BCUT2D eigenvalue weighted by Gasteiger charge is -2.19. The van der Waals surface area contributed by atoms with E-state index in [9.17, 15) is 14.4 Å². The molecule has 1 atom stereocenters. The van der Waals surface area contributed by atoms with E-state index in [2.05, 4.69) is 5.32 Å². The highest BCUT2D eigenvalue weighted by molar-refractivity contribution is 5.87. The van der Waals surface area contributed by atoms with Crippen molar-refractivity contribution in [1.29, 1.82) is 0 Å². The molecule has 0 aromatic carbocycles. The molecule has 15 heavy (non-hydrogen) atoms. The molecule has 3 amide bonds. The van der Waals surface area contributed by atoms with E-state index in [-0.39, 0.29) is 0 Å². The van der Waals surface area contributed by atoms with Crippen LogP contribution in [-0.2, 0) is 9.59 Å². The highest BCUT2D eigenvalue weighted by atomic mass is 16.4. The van der Waals surface area contributed by atoms with Crippen molar-refractivity contribution < 1.29 is 19.5 Å². The molecule has 0 radical (unpaired) electrons. The van der Waals surface area contributed by atoms with Gasteiger partial charge in [0, 0.05) is 13.6 Å². The van der Waals surface area contributed by atoms with Crippen LogP contribution in [0.4, 0.5) is 4.79 Å². The molecule has 0 aliphatic carbocycles. The number of nitrogens with two attached hydrogens (primary N) is 1. The minimum atomic E-state index is -1.29. The van der Waals surface area contributed by atoms with Crippen LogP contribution in [0.1, 0.15) is 13.3 Å². The van der Waals surface area contributed by atoms with Gasteiger partial charge in [-0.1, -0.05) is 0 Å². The number of nitrogens with one attached hydrogen (secondary N) is 1. The number of carboxylic acid groups (broad SMARTS) is 1. The van der Waals surface area contributed by atoms with Crippen LogP contribution in [0, 0.1) is 0 Å². The van der Waals surface area contributed by atoms with Crippen LogP contribution in [0.2, 0.25) is 0 Å². The zero-order chi connectivity index (χ0) is 12.0. The number of amides is 3. The second kappa shape index (κ2) is 5.84. The largest absolute Gasteiger partial charge is 0.480 e. The SMILES string of the molecule is CCN(C)C(=O)N[C@H](CC(N)=O)C(=O)O. The third-order valence-electron chi connectivity index (χ3n) is 1.82. The smallest absolute Gasteiger partial charge is 0.326 e. The van der Waals surface area contributed by atoms with Gasteiger partial charge in [0.2, 0.25) is 5.91 Å². The molecule has 0 aromatic heterocycles. The molecular formula is C8H15N3O4. The van der Waals surface area contributed by atoms with E-state index in [1.165, 1.54) is 11.9 Å². The molecule has 4 N–H and O–H groups in total. The van der Waals surface area contributed by atoms with Crippen molar-refractivity contribution in [2.24, 2.45) is 5.73 Å². The molecule has 0 bridgehead atoms. The van der Waals surface area contributed by atoms with Crippen molar-refractivity contribution in [3.8, 4) is 0 Å². The molecule has 0 heterocycles. The predicted octanol–water partition coefficient (Wildman–Crippen LogP) is -1.02. The van der Waals surface area contributed by atoms with Gasteiger partial charge in [0.15, 0.2) is 0 Å². The number of carboxylic acids is 1. The first kappa shape index (κ1) is 13.2. The lowest BCUT2D eigenvalue weighted by molar-refractivity contribution is -0.140. The number of aliphatic carboxylic acids is 1. The van der Waals surface area contributed by atoms with Gasteiger partial charge >= 0.3 is 12.0 Å². The Balaban J connectivity index is 4.35. The van der Waals surface area contributed by atoms with E-state index < -0.39 is 30.4 Å². The summed E-state index contributed by atoms with van der Waals surface area (Å²) in [5.74, 6) is -2.06. The summed E-state index contributed by atoms with van der Waals surface area (Å²) in [5, 5.41) is 10.9. The maximum Gasteiger partial charge on any atom is 0.326 e. The summed E-state index contributed by atoms with van der Waals surface area (Å²) in [5.41, 5.74) is 4.85. The number of carbonyl (C=O) groups is 3. The van der Waals surface area contributed by atoms with Gasteiger partial charge in [0.05, 0.1) is 6.42 Å². The first-order valence-electron chi connectivity index (χ1n) is 4.41. The van der Waals surface area contributed by atoms with Gasteiger partial charge in [0.1, 0.15) is 6.04 Å². The molecule has 0 fully saturated rings. The summed E-state index contributed by atoms with van der Waals surface area (Å²) in [6.45, 7) is 2.18. The Bertz CT molecular complexity index is 267. The normalized spacial score (nSPS) is 11.6. The lowest BCUT2D eigenvalue weighted by atomic mass is 10.2.